The quantitative estimate of drug-likeness (QED) is 0.462. The number of carbonyl (C=O) groups is 2. The van der Waals surface area contributed by atoms with E-state index in [4.69, 9.17) is 9.15 Å². The molecule has 5 rings (SSSR count). The number of nitrogens with zero attached hydrogens (tertiary/aromatic N) is 3. The molecule has 0 bridgehead atoms. The molecule has 1 aromatic carbocycles. The van der Waals surface area contributed by atoms with Gasteiger partial charge in [-0.25, -0.2) is 4.52 Å². The molecule has 1 saturated heterocycles. The van der Waals surface area contributed by atoms with Crippen molar-refractivity contribution in [3.8, 4) is 11.5 Å². The number of nitrogens with one attached hydrogen (secondary N) is 1. The van der Waals surface area contributed by atoms with Crippen LogP contribution in [0, 0.1) is 19.7 Å². The number of β-amino-alcohol motifs (C(OH)–C–C–N with tert-alkyl or cyclic N) is 1. The number of furan rings is 1. The van der Waals surface area contributed by atoms with Crippen molar-refractivity contribution in [1.29, 1.82) is 0 Å². The maximum atomic E-state index is 15.4. The molecule has 35 heavy (non-hydrogen) atoms. The number of ether oxygens (including phenoxy) is 1. The van der Waals surface area contributed by atoms with Crippen LogP contribution in [0.1, 0.15) is 45.4 Å². The lowest BCUT2D eigenvalue weighted by molar-refractivity contribution is 0.0572. The first kappa shape index (κ1) is 22.9. The van der Waals surface area contributed by atoms with Crippen LogP contribution in [-0.2, 0) is 0 Å². The van der Waals surface area contributed by atoms with Crippen molar-refractivity contribution in [2.45, 2.75) is 32.8 Å². The fourth-order valence-corrected chi connectivity index (χ4v) is 4.64. The number of halogens is 1. The number of aryl methyl sites for hydroxylation is 2. The zero-order valence-electron chi connectivity index (χ0n) is 19.8. The number of likely N-dealkylation sites (tertiary alicyclic amines) is 1. The van der Waals surface area contributed by atoms with Gasteiger partial charge in [0.2, 0.25) is 5.82 Å². The number of carbonyl (C=O) groups excluding carboxylic acids is 2. The van der Waals surface area contributed by atoms with E-state index in [9.17, 15) is 14.7 Å². The number of amides is 2. The summed E-state index contributed by atoms with van der Waals surface area (Å²) in [6, 6.07) is 4.60. The van der Waals surface area contributed by atoms with Crippen molar-refractivity contribution in [3.05, 3.63) is 58.9 Å². The van der Waals surface area contributed by atoms with Gasteiger partial charge in [-0.05, 0) is 44.9 Å². The van der Waals surface area contributed by atoms with Crippen LogP contribution >= 0.6 is 0 Å². The van der Waals surface area contributed by atoms with Crippen LogP contribution < -0.4 is 10.1 Å². The zero-order chi connectivity index (χ0) is 25.1. The molecule has 10 heteroatoms. The third kappa shape index (κ3) is 3.70. The molecule has 1 atom stereocenters. The molecule has 4 heterocycles. The van der Waals surface area contributed by atoms with Crippen molar-refractivity contribution in [3.63, 3.8) is 0 Å². The number of fused-ring (bicyclic) bond motifs is 2. The van der Waals surface area contributed by atoms with Crippen molar-refractivity contribution in [2.24, 2.45) is 0 Å². The molecule has 182 valence electrons. The van der Waals surface area contributed by atoms with E-state index in [0.29, 0.717) is 46.5 Å². The highest BCUT2D eigenvalue weighted by atomic mass is 19.1. The van der Waals surface area contributed by atoms with Gasteiger partial charge in [-0.15, -0.1) is 0 Å². The SMILES string of the molecule is CNC(=O)c1c(C)oc2c(F)c(Oc3ccnn4cc(C(=O)N5CC[C@@](C)(O)C5)c(C)c34)ccc12. The van der Waals surface area contributed by atoms with Gasteiger partial charge in [0, 0.05) is 37.8 Å². The molecule has 0 spiro atoms. The van der Waals surface area contributed by atoms with Crippen molar-refractivity contribution < 1.29 is 28.2 Å². The largest absolute Gasteiger partial charge is 0.457 e. The van der Waals surface area contributed by atoms with Crippen LogP contribution in [0.4, 0.5) is 4.39 Å². The highest BCUT2D eigenvalue weighted by molar-refractivity contribution is 6.07. The summed E-state index contributed by atoms with van der Waals surface area (Å²) in [5.74, 6) is -0.809. The summed E-state index contributed by atoms with van der Waals surface area (Å²) in [5.41, 5.74) is 0.857. The van der Waals surface area contributed by atoms with Gasteiger partial charge in [0.05, 0.1) is 22.9 Å². The topological polar surface area (TPSA) is 109 Å². The second-order valence-electron chi connectivity index (χ2n) is 9.10. The standard InChI is InChI=1S/C25H25FN4O5/c1-13-16(24(32)29-10-8-25(3,33)12-29)11-30-21(13)18(7-9-28-30)35-17-6-5-15-19(23(31)27-4)14(2)34-22(15)20(17)26/h5-7,9,11,33H,8,10,12H2,1-4H3,(H,27,31)/t25-/m1/s1. The van der Waals surface area contributed by atoms with Crippen LogP contribution in [-0.4, -0.2) is 57.2 Å². The van der Waals surface area contributed by atoms with E-state index in [1.165, 1.54) is 23.8 Å². The average Bonchev–Trinajstić information content (AvgIpc) is 3.47. The molecular weight excluding hydrogens is 455 g/mol. The van der Waals surface area contributed by atoms with Crippen LogP contribution in [0.2, 0.25) is 0 Å². The summed E-state index contributed by atoms with van der Waals surface area (Å²) in [5, 5.41) is 17.4. The number of benzene rings is 1. The van der Waals surface area contributed by atoms with E-state index in [-0.39, 0.29) is 35.3 Å². The summed E-state index contributed by atoms with van der Waals surface area (Å²) < 4.78 is 28.4. The Balaban J connectivity index is 1.53. The van der Waals surface area contributed by atoms with Gasteiger partial charge in [-0.2, -0.15) is 9.49 Å². The minimum atomic E-state index is -0.909. The summed E-state index contributed by atoms with van der Waals surface area (Å²) >= 11 is 0. The highest BCUT2D eigenvalue weighted by Crippen LogP contribution is 2.37. The molecule has 0 radical (unpaired) electrons. The van der Waals surface area contributed by atoms with Crippen molar-refractivity contribution in [2.75, 3.05) is 20.1 Å². The Morgan fingerprint density at radius 3 is 2.71 bits per heavy atom. The summed E-state index contributed by atoms with van der Waals surface area (Å²) in [7, 11) is 1.49. The predicted molar refractivity (Wildman–Crippen MR) is 125 cm³/mol. The van der Waals surface area contributed by atoms with Crippen LogP contribution in [0.25, 0.3) is 16.5 Å². The first-order chi connectivity index (χ1) is 16.6. The Hall–Kier alpha value is -3.92. The van der Waals surface area contributed by atoms with Gasteiger partial charge in [0.25, 0.3) is 11.8 Å². The fourth-order valence-electron chi connectivity index (χ4n) is 4.64. The molecule has 3 aromatic heterocycles. The van der Waals surface area contributed by atoms with Gasteiger partial charge in [0.1, 0.15) is 11.3 Å². The van der Waals surface area contributed by atoms with E-state index in [0.717, 1.165) is 0 Å². The van der Waals surface area contributed by atoms with Crippen LogP contribution in [0.5, 0.6) is 11.5 Å². The van der Waals surface area contributed by atoms with E-state index in [1.54, 1.807) is 44.0 Å². The van der Waals surface area contributed by atoms with Crippen LogP contribution in [0.3, 0.4) is 0 Å². The van der Waals surface area contributed by atoms with E-state index < -0.39 is 11.4 Å². The summed E-state index contributed by atoms with van der Waals surface area (Å²) in [6.45, 7) is 5.79. The predicted octanol–water partition coefficient (Wildman–Crippen LogP) is 3.59. The highest BCUT2D eigenvalue weighted by Gasteiger charge is 2.35. The molecule has 4 aromatic rings. The van der Waals surface area contributed by atoms with Gasteiger partial charge >= 0.3 is 0 Å². The molecule has 0 unspecified atom stereocenters. The number of aromatic nitrogens is 2. The maximum Gasteiger partial charge on any atom is 0.255 e. The molecule has 1 aliphatic heterocycles. The normalized spacial score (nSPS) is 17.9. The third-order valence-corrected chi connectivity index (χ3v) is 6.47. The average molecular weight is 480 g/mol. The van der Waals surface area contributed by atoms with Gasteiger partial charge in [0.15, 0.2) is 17.1 Å². The molecule has 1 fully saturated rings. The van der Waals surface area contributed by atoms with E-state index in [2.05, 4.69) is 10.4 Å². The third-order valence-electron chi connectivity index (χ3n) is 6.47. The first-order valence-electron chi connectivity index (χ1n) is 11.2. The van der Waals surface area contributed by atoms with E-state index >= 15 is 4.39 Å². The minimum absolute atomic E-state index is 0.0762. The number of hydrogen-bond acceptors (Lipinski definition) is 6. The number of rotatable bonds is 4. The molecular formula is C25H25FN4O5. The lowest BCUT2D eigenvalue weighted by atomic mass is 10.1. The molecule has 0 aliphatic carbocycles. The lowest BCUT2D eigenvalue weighted by Gasteiger charge is -2.18. The Labute approximate surface area is 200 Å². The Morgan fingerprint density at radius 1 is 1.26 bits per heavy atom. The second kappa shape index (κ2) is 8.09. The van der Waals surface area contributed by atoms with Gasteiger partial charge in [-0.3, -0.25) is 9.59 Å². The Morgan fingerprint density at radius 2 is 2.03 bits per heavy atom. The molecule has 2 N–H and O–H groups in total. The van der Waals surface area contributed by atoms with Crippen molar-refractivity contribution >= 4 is 28.3 Å². The lowest BCUT2D eigenvalue weighted by Crippen LogP contribution is -2.34. The molecule has 0 saturated carbocycles. The van der Waals surface area contributed by atoms with Crippen LogP contribution in [0.15, 0.2) is 35.0 Å². The molecule has 9 nitrogen and oxygen atoms in total. The van der Waals surface area contributed by atoms with Gasteiger partial charge in [-0.1, -0.05) is 0 Å². The van der Waals surface area contributed by atoms with Crippen molar-refractivity contribution in [1.82, 2.24) is 19.8 Å². The monoisotopic (exact) mass is 480 g/mol. The van der Waals surface area contributed by atoms with Gasteiger partial charge < -0.3 is 24.5 Å². The fraction of sp³-hybridized carbons (Fsp3) is 0.320. The Kier molecular flexibility index (Phi) is 5.28. The molecule has 1 aliphatic rings. The zero-order valence-corrected chi connectivity index (χ0v) is 19.8. The minimum Gasteiger partial charge on any atom is -0.457 e. The Bertz CT molecular complexity index is 1500. The smallest absolute Gasteiger partial charge is 0.255 e. The maximum absolute atomic E-state index is 15.4. The summed E-state index contributed by atoms with van der Waals surface area (Å²) in [6.07, 6.45) is 3.61. The summed E-state index contributed by atoms with van der Waals surface area (Å²) in [4.78, 5) is 26.9. The first-order valence-corrected chi connectivity index (χ1v) is 11.2. The molecule has 2 amide bonds. The number of hydrogen-bond donors (Lipinski definition) is 2. The second-order valence-corrected chi connectivity index (χ2v) is 9.10. The number of aliphatic hydroxyl groups is 1. The van der Waals surface area contributed by atoms with E-state index in [1.807, 2.05) is 0 Å².